The Morgan fingerprint density at radius 1 is 1.11 bits per heavy atom. The van der Waals surface area contributed by atoms with E-state index in [2.05, 4.69) is 20.1 Å². The second kappa shape index (κ2) is 10.6. The summed E-state index contributed by atoms with van der Waals surface area (Å²) in [6.45, 7) is 4.90. The Kier molecular flexibility index (Phi) is 7.10. The van der Waals surface area contributed by atoms with Gasteiger partial charge in [-0.15, -0.1) is 0 Å². The summed E-state index contributed by atoms with van der Waals surface area (Å²) in [5.41, 5.74) is 2.71. The average Bonchev–Trinajstić information content (AvgIpc) is 2.91. The van der Waals surface area contributed by atoms with Crippen LogP contribution in [0.5, 0.6) is 0 Å². The number of nitrogens with zero attached hydrogens (tertiary/aromatic N) is 5. The van der Waals surface area contributed by atoms with Crippen molar-refractivity contribution >= 4 is 23.2 Å². The van der Waals surface area contributed by atoms with Crippen molar-refractivity contribution in [1.29, 1.82) is 0 Å². The van der Waals surface area contributed by atoms with Gasteiger partial charge in [-0.05, 0) is 35.7 Å². The zero-order valence-corrected chi connectivity index (χ0v) is 20.0. The first kappa shape index (κ1) is 24.1. The molecule has 3 aliphatic rings. The minimum absolute atomic E-state index is 0.0258. The van der Waals surface area contributed by atoms with Gasteiger partial charge >= 0.3 is 0 Å². The summed E-state index contributed by atoms with van der Waals surface area (Å²) < 4.78 is 5.36. The van der Waals surface area contributed by atoms with Crippen LogP contribution in [0.15, 0.2) is 42.7 Å². The van der Waals surface area contributed by atoms with Crippen molar-refractivity contribution in [3.8, 4) is 0 Å². The fourth-order valence-corrected chi connectivity index (χ4v) is 5.35. The molecule has 5 rings (SSSR count). The molecule has 4 heterocycles. The van der Waals surface area contributed by atoms with E-state index in [1.54, 1.807) is 24.5 Å². The Labute approximate surface area is 209 Å². The molecule has 3 aliphatic heterocycles. The minimum atomic E-state index is -0.403. The number of fused-ring (bicyclic) bond motifs is 3. The van der Waals surface area contributed by atoms with E-state index in [1.165, 1.54) is 6.07 Å². The first-order valence-corrected chi connectivity index (χ1v) is 12.3. The first-order valence-electron chi connectivity index (χ1n) is 12.3. The molecule has 2 atom stereocenters. The molecule has 0 aliphatic carbocycles. The molecule has 11 heteroatoms. The molecule has 2 aromatic rings. The van der Waals surface area contributed by atoms with Gasteiger partial charge in [0.25, 0.3) is 5.69 Å². The van der Waals surface area contributed by atoms with Crippen molar-refractivity contribution < 1.29 is 19.2 Å². The third-order valence-corrected chi connectivity index (χ3v) is 7.27. The van der Waals surface area contributed by atoms with Crippen LogP contribution in [0.4, 0.5) is 11.4 Å². The summed E-state index contributed by atoms with van der Waals surface area (Å²) in [5.74, 6) is -0.416. The number of carbonyl (C=O) groups is 2. The maximum absolute atomic E-state index is 13.4. The summed E-state index contributed by atoms with van der Waals surface area (Å²) in [7, 11) is 0. The maximum atomic E-state index is 13.4. The van der Waals surface area contributed by atoms with Crippen LogP contribution in [0.1, 0.15) is 11.1 Å². The molecule has 2 saturated heterocycles. The highest BCUT2D eigenvalue weighted by molar-refractivity contribution is 5.82. The van der Waals surface area contributed by atoms with Gasteiger partial charge in [-0.2, -0.15) is 0 Å². The van der Waals surface area contributed by atoms with E-state index >= 15 is 0 Å². The van der Waals surface area contributed by atoms with Crippen LogP contribution in [0, 0.1) is 16.0 Å². The lowest BCUT2D eigenvalue weighted by molar-refractivity contribution is -0.384. The van der Waals surface area contributed by atoms with Crippen LogP contribution in [0.2, 0.25) is 0 Å². The Morgan fingerprint density at radius 2 is 1.89 bits per heavy atom. The number of carbonyl (C=O) groups excluding carboxylic acids is 2. The van der Waals surface area contributed by atoms with Crippen LogP contribution in [0.25, 0.3) is 0 Å². The molecule has 1 N–H and O–H groups in total. The number of nitrogens with one attached hydrogen (secondary N) is 1. The number of hydrogen-bond donors (Lipinski definition) is 1. The summed E-state index contributed by atoms with van der Waals surface area (Å²) in [6, 6.07) is 8.47. The number of non-ortho nitro benzene ring substituents is 1. The number of morpholine rings is 1. The quantitative estimate of drug-likeness (QED) is 0.463. The highest BCUT2D eigenvalue weighted by atomic mass is 16.6. The molecule has 11 nitrogen and oxygen atoms in total. The van der Waals surface area contributed by atoms with Gasteiger partial charge in [-0.25, -0.2) is 0 Å². The lowest BCUT2D eigenvalue weighted by Crippen LogP contribution is -2.62. The fourth-order valence-electron chi connectivity index (χ4n) is 5.35. The van der Waals surface area contributed by atoms with Crippen LogP contribution in [0.3, 0.4) is 0 Å². The van der Waals surface area contributed by atoms with Gasteiger partial charge in [0.05, 0.1) is 36.6 Å². The molecule has 190 valence electrons. The molecule has 36 heavy (non-hydrogen) atoms. The largest absolute Gasteiger partial charge is 0.378 e. The maximum Gasteiger partial charge on any atom is 0.269 e. The van der Waals surface area contributed by atoms with Gasteiger partial charge in [0.1, 0.15) is 0 Å². The normalized spacial score (nSPS) is 21.9. The van der Waals surface area contributed by atoms with Crippen LogP contribution in [-0.2, 0) is 27.3 Å². The van der Waals surface area contributed by atoms with Crippen LogP contribution in [-0.4, -0.2) is 90.0 Å². The SMILES string of the molecule is O=C(NCc1ccncc1)C1Cc2cc([N+](=O)[O-])ccc2N2CCN(CC(=O)N3CCOCC3)CC12. The number of benzene rings is 1. The van der Waals surface area contributed by atoms with Crippen LogP contribution < -0.4 is 10.2 Å². The van der Waals surface area contributed by atoms with Crippen molar-refractivity contribution in [1.82, 2.24) is 20.1 Å². The number of nitro benzene ring substituents is 1. The molecule has 0 radical (unpaired) electrons. The monoisotopic (exact) mass is 494 g/mol. The summed E-state index contributed by atoms with van der Waals surface area (Å²) in [6.07, 6.45) is 3.78. The summed E-state index contributed by atoms with van der Waals surface area (Å²) >= 11 is 0. The number of ether oxygens (including phenoxy) is 1. The molecule has 2 unspecified atom stereocenters. The number of hydrogen-bond acceptors (Lipinski definition) is 8. The molecule has 1 aromatic carbocycles. The smallest absolute Gasteiger partial charge is 0.269 e. The molecular weight excluding hydrogens is 464 g/mol. The van der Waals surface area contributed by atoms with Gasteiger partial charge < -0.3 is 19.9 Å². The molecule has 1 aromatic heterocycles. The zero-order chi connectivity index (χ0) is 25.1. The summed E-state index contributed by atoms with van der Waals surface area (Å²) in [4.78, 5) is 47.4. The Morgan fingerprint density at radius 3 is 2.64 bits per heavy atom. The molecule has 2 amide bonds. The Hall–Kier alpha value is -3.57. The number of amides is 2. The number of rotatable bonds is 6. The van der Waals surface area contributed by atoms with Crippen molar-refractivity contribution in [2.75, 3.05) is 57.4 Å². The lowest BCUT2D eigenvalue weighted by Gasteiger charge is -2.49. The van der Waals surface area contributed by atoms with Gasteiger partial charge in [-0.3, -0.25) is 29.6 Å². The average molecular weight is 495 g/mol. The second-order valence-electron chi connectivity index (χ2n) is 9.44. The van der Waals surface area contributed by atoms with E-state index in [1.807, 2.05) is 17.0 Å². The third kappa shape index (κ3) is 5.17. The van der Waals surface area contributed by atoms with E-state index in [-0.39, 0.29) is 23.5 Å². The topological polar surface area (TPSA) is 121 Å². The number of anilines is 1. The fraction of sp³-hybridized carbons (Fsp3) is 0.480. The zero-order valence-electron chi connectivity index (χ0n) is 20.0. The minimum Gasteiger partial charge on any atom is -0.378 e. The van der Waals surface area contributed by atoms with Crippen LogP contribution >= 0.6 is 0 Å². The number of pyridine rings is 1. The van der Waals surface area contributed by atoms with Crippen molar-refractivity contribution in [2.45, 2.75) is 19.0 Å². The molecular formula is C25H30N6O5. The van der Waals surface area contributed by atoms with Crippen molar-refractivity contribution in [2.24, 2.45) is 5.92 Å². The number of nitro groups is 1. The third-order valence-electron chi connectivity index (χ3n) is 7.27. The molecule has 0 spiro atoms. The van der Waals surface area contributed by atoms with E-state index < -0.39 is 10.8 Å². The van der Waals surface area contributed by atoms with Gasteiger partial charge in [0.15, 0.2) is 0 Å². The predicted octanol–water partition coefficient (Wildman–Crippen LogP) is 0.828. The second-order valence-corrected chi connectivity index (χ2v) is 9.44. The highest BCUT2D eigenvalue weighted by Crippen LogP contribution is 2.38. The van der Waals surface area contributed by atoms with E-state index in [9.17, 15) is 19.7 Å². The number of piperazine rings is 1. The number of aromatic nitrogens is 1. The van der Waals surface area contributed by atoms with E-state index in [0.717, 1.165) is 16.8 Å². The van der Waals surface area contributed by atoms with Crippen molar-refractivity contribution in [3.63, 3.8) is 0 Å². The van der Waals surface area contributed by atoms with Gasteiger partial charge in [0.2, 0.25) is 11.8 Å². The standard InChI is InChI=1S/C25H30N6O5/c32-24(29-9-11-36-12-10-29)17-28-7-8-30-22-2-1-20(31(34)35)13-19(22)14-21(23(30)16-28)25(33)27-15-18-3-5-26-6-4-18/h1-6,13,21,23H,7-12,14-17H2,(H,27,33). The van der Waals surface area contributed by atoms with E-state index in [0.29, 0.717) is 65.4 Å². The van der Waals surface area contributed by atoms with Gasteiger partial charge in [-0.1, -0.05) is 0 Å². The first-order chi connectivity index (χ1) is 17.5. The summed E-state index contributed by atoms with van der Waals surface area (Å²) in [5, 5.41) is 14.4. The Bertz CT molecular complexity index is 1120. The van der Waals surface area contributed by atoms with E-state index in [4.69, 9.17) is 4.74 Å². The van der Waals surface area contributed by atoms with Gasteiger partial charge in [0, 0.05) is 69.5 Å². The molecule has 2 fully saturated rings. The predicted molar refractivity (Wildman–Crippen MR) is 131 cm³/mol. The Balaban J connectivity index is 1.35. The molecule has 0 saturated carbocycles. The molecule has 0 bridgehead atoms. The lowest BCUT2D eigenvalue weighted by atomic mass is 9.83. The van der Waals surface area contributed by atoms with Crippen molar-refractivity contribution in [3.05, 3.63) is 64.0 Å². The highest BCUT2D eigenvalue weighted by Gasteiger charge is 2.42.